The zero-order valence-corrected chi connectivity index (χ0v) is 12.1. The van der Waals surface area contributed by atoms with Crippen molar-refractivity contribution < 1.29 is 9.90 Å². The van der Waals surface area contributed by atoms with Crippen molar-refractivity contribution in [3.8, 4) is 0 Å². The number of aliphatic hydroxyl groups excluding tert-OH is 1. The Morgan fingerprint density at radius 2 is 2.10 bits per heavy atom. The molecule has 108 valence electrons. The van der Waals surface area contributed by atoms with Crippen LogP contribution < -0.4 is 5.32 Å². The van der Waals surface area contributed by atoms with E-state index in [0.717, 1.165) is 16.6 Å². The van der Waals surface area contributed by atoms with Gasteiger partial charge in [0.05, 0.1) is 12.3 Å². The fraction of sp³-hybridized carbons (Fsp3) is 0.400. The Labute approximate surface area is 118 Å². The van der Waals surface area contributed by atoms with Crippen LogP contribution in [0.1, 0.15) is 13.8 Å². The molecule has 0 atom stereocenters. The van der Waals surface area contributed by atoms with Gasteiger partial charge in [-0.15, -0.1) is 0 Å². The van der Waals surface area contributed by atoms with Gasteiger partial charge in [-0.1, -0.05) is 18.2 Å². The molecular formula is C15H21N3O2. The molecular weight excluding hydrogens is 254 g/mol. The molecule has 0 aliphatic carbocycles. The topological polar surface area (TPSA) is 57.5 Å². The Morgan fingerprint density at radius 3 is 2.75 bits per heavy atom. The molecule has 1 aromatic heterocycles. The lowest BCUT2D eigenvalue weighted by Gasteiger charge is -2.25. The molecule has 0 aliphatic rings. The second kappa shape index (κ2) is 5.96. The van der Waals surface area contributed by atoms with E-state index in [1.807, 2.05) is 55.9 Å². The van der Waals surface area contributed by atoms with E-state index in [2.05, 4.69) is 5.32 Å². The molecule has 0 spiro atoms. The van der Waals surface area contributed by atoms with Crippen molar-refractivity contribution in [1.82, 2.24) is 9.47 Å². The predicted octanol–water partition coefficient (Wildman–Crippen LogP) is 2.41. The highest BCUT2D eigenvalue weighted by atomic mass is 16.3. The summed E-state index contributed by atoms with van der Waals surface area (Å²) in [6.45, 7) is 4.14. The van der Waals surface area contributed by atoms with Crippen LogP contribution in [0.3, 0.4) is 0 Å². The van der Waals surface area contributed by atoms with Crippen LogP contribution >= 0.6 is 0 Å². The lowest BCUT2D eigenvalue weighted by atomic mass is 10.2. The number of carbonyl (C=O) groups excluding carboxylic acids is 1. The van der Waals surface area contributed by atoms with Crippen LogP contribution in [-0.2, 0) is 7.05 Å². The third-order valence-electron chi connectivity index (χ3n) is 3.36. The van der Waals surface area contributed by atoms with Crippen LogP contribution in [0.5, 0.6) is 0 Å². The van der Waals surface area contributed by atoms with Gasteiger partial charge in [-0.05, 0) is 19.9 Å². The van der Waals surface area contributed by atoms with Crippen LogP contribution in [0.15, 0.2) is 30.5 Å². The average Bonchev–Trinajstić information content (AvgIpc) is 2.73. The maximum atomic E-state index is 12.3. The highest BCUT2D eigenvalue weighted by Gasteiger charge is 2.17. The quantitative estimate of drug-likeness (QED) is 0.900. The molecule has 0 aliphatic heterocycles. The second-order valence-corrected chi connectivity index (χ2v) is 5.11. The molecule has 5 heteroatoms. The van der Waals surface area contributed by atoms with Crippen LogP contribution in [0.25, 0.3) is 10.9 Å². The van der Waals surface area contributed by atoms with Crippen LogP contribution in [0.2, 0.25) is 0 Å². The van der Waals surface area contributed by atoms with Gasteiger partial charge in [0.25, 0.3) is 0 Å². The Balaban J connectivity index is 2.25. The standard InChI is InChI=1S/C15H21N3O2/c1-11(2)18(8-9-19)15(20)16-13-10-17(3)14-7-5-4-6-12(13)14/h4-7,10-11,19H,8-9H2,1-3H3,(H,16,20). The Kier molecular flexibility index (Phi) is 4.29. The molecule has 2 N–H and O–H groups in total. The maximum absolute atomic E-state index is 12.3. The van der Waals surface area contributed by atoms with Crippen molar-refractivity contribution in [2.45, 2.75) is 19.9 Å². The molecule has 2 amide bonds. The summed E-state index contributed by atoms with van der Waals surface area (Å²) in [5.74, 6) is 0. The highest BCUT2D eigenvalue weighted by Crippen LogP contribution is 2.25. The Hall–Kier alpha value is -2.01. The zero-order chi connectivity index (χ0) is 14.7. The van der Waals surface area contributed by atoms with Gasteiger partial charge in [0.15, 0.2) is 0 Å². The van der Waals surface area contributed by atoms with E-state index < -0.39 is 0 Å². The number of nitrogens with one attached hydrogen (secondary N) is 1. The van der Waals surface area contributed by atoms with Gasteiger partial charge in [0.2, 0.25) is 0 Å². The molecule has 0 saturated heterocycles. The monoisotopic (exact) mass is 275 g/mol. The smallest absolute Gasteiger partial charge is 0.322 e. The van der Waals surface area contributed by atoms with Gasteiger partial charge in [-0.2, -0.15) is 0 Å². The summed E-state index contributed by atoms with van der Waals surface area (Å²) < 4.78 is 1.98. The largest absolute Gasteiger partial charge is 0.395 e. The van der Waals surface area contributed by atoms with Crippen molar-refractivity contribution >= 4 is 22.6 Å². The number of nitrogens with zero attached hydrogens (tertiary/aromatic N) is 2. The number of benzene rings is 1. The molecule has 0 fully saturated rings. The molecule has 20 heavy (non-hydrogen) atoms. The maximum Gasteiger partial charge on any atom is 0.322 e. The minimum absolute atomic E-state index is 0.0390. The number of hydrogen-bond acceptors (Lipinski definition) is 2. The van der Waals surface area contributed by atoms with Crippen molar-refractivity contribution in [3.63, 3.8) is 0 Å². The lowest BCUT2D eigenvalue weighted by molar-refractivity contribution is 0.172. The van der Waals surface area contributed by atoms with Crippen LogP contribution in [0, 0.1) is 0 Å². The van der Waals surface area contributed by atoms with Crippen LogP contribution in [-0.4, -0.2) is 39.8 Å². The Morgan fingerprint density at radius 1 is 1.40 bits per heavy atom. The van der Waals surface area contributed by atoms with E-state index in [0.29, 0.717) is 6.54 Å². The van der Waals surface area contributed by atoms with Gasteiger partial charge < -0.3 is 19.9 Å². The van der Waals surface area contributed by atoms with Crippen molar-refractivity contribution in [3.05, 3.63) is 30.5 Å². The van der Waals surface area contributed by atoms with Gasteiger partial charge in [-0.3, -0.25) is 0 Å². The molecule has 0 radical (unpaired) electrons. The SMILES string of the molecule is CC(C)N(CCO)C(=O)Nc1cn(C)c2ccccc12. The fourth-order valence-electron chi connectivity index (χ4n) is 2.33. The van der Waals surface area contributed by atoms with Crippen LogP contribution in [0.4, 0.5) is 10.5 Å². The summed E-state index contributed by atoms with van der Waals surface area (Å²) in [5.41, 5.74) is 1.86. The first kappa shape index (κ1) is 14.4. The summed E-state index contributed by atoms with van der Waals surface area (Å²) in [5, 5.41) is 13.0. The minimum atomic E-state index is -0.189. The first-order valence-electron chi connectivity index (χ1n) is 6.77. The summed E-state index contributed by atoms with van der Waals surface area (Å²) in [6.07, 6.45) is 1.90. The summed E-state index contributed by atoms with van der Waals surface area (Å²) in [4.78, 5) is 13.9. The number of fused-ring (bicyclic) bond motifs is 1. The number of aryl methyl sites for hydroxylation is 1. The van der Waals surface area contributed by atoms with Gasteiger partial charge in [-0.25, -0.2) is 4.79 Å². The van der Waals surface area contributed by atoms with Gasteiger partial charge in [0.1, 0.15) is 0 Å². The average molecular weight is 275 g/mol. The van der Waals surface area contributed by atoms with Crippen molar-refractivity contribution in [2.24, 2.45) is 7.05 Å². The number of aromatic nitrogens is 1. The molecule has 2 rings (SSSR count). The number of carbonyl (C=O) groups is 1. The van der Waals surface area contributed by atoms with E-state index in [1.165, 1.54) is 0 Å². The van der Waals surface area contributed by atoms with E-state index in [9.17, 15) is 4.79 Å². The minimum Gasteiger partial charge on any atom is -0.395 e. The number of rotatable bonds is 4. The molecule has 5 nitrogen and oxygen atoms in total. The third kappa shape index (κ3) is 2.77. The first-order chi connectivity index (χ1) is 9.54. The molecule has 2 aromatic rings. The molecule has 1 aromatic carbocycles. The fourth-order valence-corrected chi connectivity index (χ4v) is 2.33. The summed E-state index contributed by atoms with van der Waals surface area (Å²) >= 11 is 0. The number of para-hydroxylation sites is 1. The van der Waals surface area contributed by atoms with E-state index in [4.69, 9.17) is 5.11 Å². The molecule has 0 unspecified atom stereocenters. The third-order valence-corrected chi connectivity index (χ3v) is 3.36. The molecule has 0 bridgehead atoms. The number of hydrogen-bond donors (Lipinski definition) is 2. The van der Waals surface area contributed by atoms with E-state index in [-0.39, 0.29) is 18.7 Å². The highest BCUT2D eigenvalue weighted by molar-refractivity contribution is 6.01. The van der Waals surface area contributed by atoms with Crippen molar-refractivity contribution in [1.29, 1.82) is 0 Å². The second-order valence-electron chi connectivity index (χ2n) is 5.11. The van der Waals surface area contributed by atoms with Crippen molar-refractivity contribution in [2.75, 3.05) is 18.5 Å². The normalized spacial score (nSPS) is 11.1. The lowest BCUT2D eigenvalue weighted by Crippen LogP contribution is -2.41. The Bertz CT molecular complexity index is 604. The van der Waals surface area contributed by atoms with Gasteiger partial charge >= 0.3 is 6.03 Å². The first-order valence-corrected chi connectivity index (χ1v) is 6.77. The number of aliphatic hydroxyl groups is 1. The number of anilines is 1. The number of urea groups is 1. The summed E-state index contributed by atoms with van der Waals surface area (Å²) in [7, 11) is 1.95. The summed E-state index contributed by atoms with van der Waals surface area (Å²) in [6, 6.07) is 7.77. The van der Waals surface area contributed by atoms with E-state index in [1.54, 1.807) is 4.90 Å². The molecule has 0 saturated carbocycles. The predicted molar refractivity (Wildman–Crippen MR) is 80.9 cm³/mol. The van der Waals surface area contributed by atoms with Gasteiger partial charge in [0, 0.05) is 36.7 Å². The van der Waals surface area contributed by atoms with E-state index >= 15 is 0 Å². The zero-order valence-electron chi connectivity index (χ0n) is 12.1. The molecule has 1 heterocycles. The number of amides is 2.